The minimum absolute atomic E-state index is 0.171. The highest BCUT2D eigenvalue weighted by atomic mass is 32.2. The van der Waals surface area contributed by atoms with Crippen LogP contribution in [0.2, 0.25) is 0 Å². The summed E-state index contributed by atoms with van der Waals surface area (Å²) in [5.74, 6) is 0.420. The Kier molecular flexibility index (Phi) is 4.02. The number of rotatable bonds is 4. The first-order valence-electron chi connectivity index (χ1n) is 8.09. The Bertz CT molecular complexity index is 928. The number of hydrogen-bond donors (Lipinski definition) is 1. The zero-order valence-electron chi connectivity index (χ0n) is 13.1. The van der Waals surface area contributed by atoms with Crippen LogP contribution >= 0.6 is 11.8 Å². The maximum atomic E-state index is 12.4. The molecule has 3 aromatic heterocycles. The molecule has 6 nitrogen and oxygen atoms in total. The number of fused-ring (bicyclic) bond motifs is 1. The fourth-order valence-corrected chi connectivity index (χ4v) is 4.32. The number of pyridine rings is 1. The average Bonchev–Trinajstić information content (AvgIpc) is 3.22. The summed E-state index contributed by atoms with van der Waals surface area (Å²) in [6.07, 6.45) is 8.07. The minimum atomic E-state index is -0.213. The summed E-state index contributed by atoms with van der Waals surface area (Å²) < 4.78 is 3.77. The van der Waals surface area contributed by atoms with Gasteiger partial charge < -0.3 is 9.51 Å². The molecule has 0 aromatic carbocycles. The van der Waals surface area contributed by atoms with Gasteiger partial charge in [0, 0.05) is 18.0 Å². The second-order valence-corrected chi connectivity index (χ2v) is 6.95. The number of nitrogens with zero attached hydrogens (tertiary/aromatic N) is 4. The summed E-state index contributed by atoms with van der Waals surface area (Å²) in [5, 5.41) is 10.3. The van der Waals surface area contributed by atoms with Crippen LogP contribution in [0.5, 0.6) is 5.88 Å². The van der Waals surface area contributed by atoms with Gasteiger partial charge in [0.15, 0.2) is 5.16 Å². The van der Waals surface area contributed by atoms with Crippen molar-refractivity contribution in [3.8, 4) is 5.88 Å². The van der Waals surface area contributed by atoms with Crippen molar-refractivity contribution in [2.45, 2.75) is 42.6 Å². The molecule has 1 aliphatic rings. The molecule has 0 radical (unpaired) electrons. The molecule has 0 aliphatic heterocycles. The number of thioether (sulfide) groups is 1. The quantitative estimate of drug-likeness (QED) is 0.583. The molecule has 0 saturated heterocycles. The number of imidazole rings is 1. The number of aromatic hydroxyl groups is 1. The van der Waals surface area contributed by atoms with Gasteiger partial charge in [0.25, 0.3) is 5.56 Å². The van der Waals surface area contributed by atoms with Crippen LogP contribution in [0.1, 0.15) is 37.4 Å². The Morgan fingerprint density at radius 1 is 1.29 bits per heavy atom. The Morgan fingerprint density at radius 2 is 2.12 bits per heavy atom. The summed E-state index contributed by atoms with van der Waals surface area (Å²) in [7, 11) is 0. The third kappa shape index (κ3) is 2.80. The fourth-order valence-electron chi connectivity index (χ4n) is 3.29. The Balaban J connectivity index is 1.65. The molecule has 1 saturated carbocycles. The standard InChI is InChI=1S/C17H18N4O2S/c22-15-9-16(23)21(12-5-1-2-6-12)17(19-15)24-11-13-10-18-14-7-3-4-8-20(13)14/h3-4,7-10,12,22H,1-2,5-6,11H2. The molecule has 0 bridgehead atoms. The van der Waals surface area contributed by atoms with E-state index < -0.39 is 0 Å². The molecule has 4 rings (SSSR count). The van der Waals surface area contributed by atoms with Gasteiger partial charge in [-0.3, -0.25) is 9.36 Å². The van der Waals surface area contributed by atoms with E-state index in [9.17, 15) is 9.90 Å². The summed E-state index contributed by atoms with van der Waals surface area (Å²) in [6, 6.07) is 7.26. The topological polar surface area (TPSA) is 72.4 Å². The molecule has 124 valence electrons. The molecule has 1 aliphatic carbocycles. The zero-order valence-corrected chi connectivity index (χ0v) is 13.9. The molecular weight excluding hydrogens is 324 g/mol. The first-order valence-corrected chi connectivity index (χ1v) is 9.07. The Labute approximate surface area is 143 Å². The third-order valence-corrected chi connectivity index (χ3v) is 5.43. The van der Waals surface area contributed by atoms with Crippen LogP contribution in [0.15, 0.2) is 46.6 Å². The van der Waals surface area contributed by atoms with Crippen molar-refractivity contribution < 1.29 is 5.11 Å². The van der Waals surface area contributed by atoms with E-state index in [1.54, 1.807) is 4.57 Å². The highest BCUT2D eigenvalue weighted by Gasteiger charge is 2.22. The van der Waals surface area contributed by atoms with Gasteiger partial charge in [0.1, 0.15) is 5.65 Å². The smallest absolute Gasteiger partial charge is 0.258 e. The van der Waals surface area contributed by atoms with Gasteiger partial charge in [-0.25, -0.2) is 4.98 Å². The molecule has 1 N–H and O–H groups in total. The van der Waals surface area contributed by atoms with Crippen LogP contribution in [0.3, 0.4) is 0 Å². The fraction of sp³-hybridized carbons (Fsp3) is 0.353. The maximum absolute atomic E-state index is 12.4. The summed E-state index contributed by atoms with van der Waals surface area (Å²) in [5.41, 5.74) is 1.76. The Morgan fingerprint density at radius 3 is 2.96 bits per heavy atom. The maximum Gasteiger partial charge on any atom is 0.258 e. The highest BCUT2D eigenvalue weighted by Crippen LogP contribution is 2.32. The van der Waals surface area contributed by atoms with Gasteiger partial charge in [0.05, 0.1) is 18.0 Å². The largest absolute Gasteiger partial charge is 0.493 e. The van der Waals surface area contributed by atoms with Gasteiger partial charge >= 0.3 is 0 Å². The molecule has 0 amide bonds. The molecule has 0 spiro atoms. The van der Waals surface area contributed by atoms with Crippen LogP contribution in [0, 0.1) is 0 Å². The van der Waals surface area contributed by atoms with E-state index in [1.165, 1.54) is 17.8 Å². The van der Waals surface area contributed by atoms with Crippen molar-refractivity contribution in [3.63, 3.8) is 0 Å². The van der Waals surface area contributed by atoms with Crippen LogP contribution in [-0.2, 0) is 5.75 Å². The first kappa shape index (κ1) is 15.3. The van der Waals surface area contributed by atoms with E-state index in [0.29, 0.717) is 10.9 Å². The van der Waals surface area contributed by atoms with Gasteiger partial charge in [-0.05, 0) is 25.0 Å². The lowest BCUT2D eigenvalue weighted by atomic mass is 10.2. The lowest BCUT2D eigenvalue weighted by molar-refractivity contribution is 0.406. The van der Waals surface area contributed by atoms with Crippen LogP contribution in [0.4, 0.5) is 0 Å². The average molecular weight is 342 g/mol. The monoisotopic (exact) mass is 342 g/mol. The summed E-state index contributed by atoms with van der Waals surface area (Å²) >= 11 is 1.47. The van der Waals surface area contributed by atoms with Crippen LogP contribution in [0.25, 0.3) is 5.65 Å². The van der Waals surface area contributed by atoms with Gasteiger partial charge in [-0.15, -0.1) is 0 Å². The highest BCUT2D eigenvalue weighted by molar-refractivity contribution is 7.98. The van der Waals surface area contributed by atoms with Gasteiger partial charge in [-0.1, -0.05) is 30.7 Å². The van der Waals surface area contributed by atoms with Crippen molar-refractivity contribution in [2.24, 2.45) is 0 Å². The molecule has 0 atom stereocenters. The van der Waals surface area contributed by atoms with Crippen molar-refractivity contribution in [3.05, 3.63) is 52.7 Å². The lowest BCUT2D eigenvalue weighted by Crippen LogP contribution is -2.25. The van der Waals surface area contributed by atoms with Crippen LogP contribution in [-0.4, -0.2) is 24.0 Å². The summed E-state index contributed by atoms with van der Waals surface area (Å²) in [4.78, 5) is 20.9. The molecule has 7 heteroatoms. The van der Waals surface area contributed by atoms with E-state index in [1.807, 2.05) is 35.0 Å². The predicted molar refractivity (Wildman–Crippen MR) is 92.4 cm³/mol. The van der Waals surface area contributed by atoms with Crippen LogP contribution < -0.4 is 5.56 Å². The van der Waals surface area contributed by atoms with Gasteiger partial charge in [-0.2, -0.15) is 4.98 Å². The van der Waals surface area contributed by atoms with E-state index in [4.69, 9.17) is 0 Å². The lowest BCUT2D eigenvalue weighted by Gasteiger charge is -2.17. The first-order chi connectivity index (χ1) is 11.7. The molecule has 3 aromatic rings. The van der Waals surface area contributed by atoms with Crippen molar-refractivity contribution in [1.29, 1.82) is 0 Å². The van der Waals surface area contributed by atoms with Crippen molar-refractivity contribution in [2.75, 3.05) is 0 Å². The molecule has 3 heterocycles. The Hall–Kier alpha value is -2.28. The van der Waals surface area contributed by atoms with E-state index in [-0.39, 0.29) is 17.5 Å². The molecular formula is C17H18N4O2S. The molecule has 0 unspecified atom stereocenters. The second-order valence-electron chi connectivity index (χ2n) is 6.01. The normalized spacial score (nSPS) is 15.3. The SMILES string of the molecule is O=c1cc(O)nc(SCc2cnc3ccccn23)n1C1CCCC1. The van der Waals surface area contributed by atoms with Crippen molar-refractivity contribution in [1.82, 2.24) is 18.9 Å². The van der Waals surface area contributed by atoms with Crippen molar-refractivity contribution >= 4 is 17.4 Å². The number of aromatic nitrogens is 4. The predicted octanol–water partition coefficient (Wildman–Crippen LogP) is 3.00. The summed E-state index contributed by atoms with van der Waals surface area (Å²) in [6.45, 7) is 0. The van der Waals surface area contributed by atoms with E-state index >= 15 is 0 Å². The number of hydrogen-bond acceptors (Lipinski definition) is 5. The van der Waals surface area contributed by atoms with E-state index in [0.717, 1.165) is 37.0 Å². The van der Waals surface area contributed by atoms with Gasteiger partial charge in [0.2, 0.25) is 5.88 Å². The third-order valence-electron chi connectivity index (χ3n) is 4.44. The second kappa shape index (κ2) is 6.32. The molecule has 1 fully saturated rings. The van der Waals surface area contributed by atoms with E-state index in [2.05, 4.69) is 9.97 Å². The molecule has 24 heavy (non-hydrogen) atoms. The minimum Gasteiger partial charge on any atom is -0.493 e. The zero-order chi connectivity index (χ0) is 16.5.